The number of carbonyl (C=O) groups is 2. The quantitative estimate of drug-likeness (QED) is 0.810. The maximum absolute atomic E-state index is 13.1. The highest BCUT2D eigenvalue weighted by molar-refractivity contribution is 6.44. The molecule has 1 aliphatic rings. The van der Waals surface area contributed by atoms with E-state index in [1.54, 1.807) is 4.90 Å². The van der Waals surface area contributed by atoms with Crippen LogP contribution in [0.3, 0.4) is 0 Å². The summed E-state index contributed by atoms with van der Waals surface area (Å²) < 4.78 is 0. The third kappa shape index (κ3) is 4.25. The summed E-state index contributed by atoms with van der Waals surface area (Å²) in [5.41, 5.74) is 4.54. The molecule has 2 aromatic rings. The molecule has 27 heavy (non-hydrogen) atoms. The summed E-state index contributed by atoms with van der Waals surface area (Å²) in [6.45, 7) is 6.92. The van der Waals surface area contributed by atoms with Gasteiger partial charge in [-0.3, -0.25) is 9.59 Å². The van der Waals surface area contributed by atoms with E-state index in [1.165, 1.54) is 5.01 Å². The normalized spacial score (nSPS) is 14.1. The van der Waals surface area contributed by atoms with E-state index in [4.69, 9.17) is 0 Å². The van der Waals surface area contributed by atoms with Gasteiger partial charge in [-0.15, -0.1) is 0 Å². The average Bonchev–Trinajstić information content (AvgIpc) is 2.66. The van der Waals surface area contributed by atoms with E-state index in [-0.39, 0.29) is 11.8 Å². The fraction of sp³-hybridized carbons (Fsp3) is 0.318. The van der Waals surface area contributed by atoms with Gasteiger partial charge in [-0.05, 0) is 38.0 Å². The molecule has 0 aromatic heterocycles. The number of nitrogens with zero attached hydrogens (tertiary/aromatic N) is 3. The van der Waals surface area contributed by atoms with E-state index in [0.29, 0.717) is 31.6 Å². The van der Waals surface area contributed by atoms with E-state index in [9.17, 15) is 9.59 Å². The lowest BCUT2D eigenvalue weighted by molar-refractivity contribution is -0.132. The van der Waals surface area contributed by atoms with E-state index >= 15 is 0 Å². The first-order valence-corrected chi connectivity index (χ1v) is 9.30. The summed E-state index contributed by atoms with van der Waals surface area (Å²) in [6.07, 6.45) is 0.687. The number of amides is 2. The van der Waals surface area contributed by atoms with Crippen molar-refractivity contribution in [2.45, 2.75) is 40.2 Å². The van der Waals surface area contributed by atoms with Gasteiger partial charge in [0.1, 0.15) is 5.71 Å². The Kier molecular flexibility index (Phi) is 5.69. The molecule has 0 saturated carbocycles. The summed E-state index contributed by atoms with van der Waals surface area (Å²) in [6, 6.07) is 15.7. The van der Waals surface area contributed by atoms with Gasteiger partial charge in [0.25, 0.3) is 5.91 Å². The van der Waals surface area contributed by atoms with Gasteiger partial charge in [-0.25, -0.2) is 5.01 Å². The Morgan fingerprint density at radius 2 is 1.85 bits per heavy atom. The molecule has 2 amide bonds. The lowest BCUT2D eigenvalue weighted by atomic mass is 10.1. The van der Waals surface area contributed by atoms with Gasteiger partial charge in [0.05, 0.1) is 6.54 Å². The first-order chi connectivity index (χ1) is 13.0. The standard InChI is InChI=1S/C22H25N3O2/c1-4-24(20-12-10-16(2)14-17(20)3)22(27)19-11-13-21(26)25(23-19)15-18-8-6-5-7-9-18/h5-10,12,14H,4,11,13,15H2,1-3H3. The Labute approximate surface area is 160 Å². The molecule has 0 N–H and O–H groups in total. The largest absolute Gasteiger partial charge is 0.307 e. The van der Waals surface area contributed by atoms with Gasteiger partial charge >= 0.3 is 0 Å². The fourth-order valence-electron chi connectivity index (χ4n) is 3.32. The number of aryl methyl sites for hydroxylation is 2. The van der Waals surface area contributed by atoms with Crippen molar-refractivity contribution < 1.29 is 9.59 Å². The van der Waals surface area contributed by atoms with E-state index in [1.807, 2.05) is 63.2 Å². The number of hydrogen-bond donors (Lipinski definition) is 0. The molecule has 1 aliphatic heterocycles. The first kappa shape index (κ1) is 18.8. The molecule has 5 heteroatoms. The summed E-state index contributed by atoms with van der Waals surface area (Å²) >= 11 is 0. The number of hydrogen-bond acceptors (Lipinski definition) is 3. The second kappa shape index (κ2) is 8.16. The monoisotopic (exact) mass is 363 g/mol. The van der Waals surface area contributed by atoms with Crippen LogP contribution in [-0.4, -0.2) is 29.1 Å². The fourth-order valence-corrected chi connectivity index (χ4v) is 3.32. The van der Waals surface area contributed by atoms with Gasteiger partial charge in [0, 0.05) is 25.1 Å². The lowest BCUT2D eigenvalue weighted by Gasteiger charge is -2.28. The summed E-state index contributed by atoms with van der Waals surface area (Å²) in [7, 11) is 0. The predicted octanol–water partition coefficient (Wildman–Crippen LogP) is 3.83. The second-order valence-corrected chi connectivity index (χ2v) is 6.82. The number of rotatable bonds is 5. The Hall–Kier alpha value is -2.95. The molecule has 0 unspecified atom stereocenters. The molecule has 0 atom stereocenters. The minimum absolute atomic E-state index is 0.0510. The Balaban J connectivity index is 1.85. The van der Waals surface area contributed by atoms with Gasteiger partial charge in [0.15, 0.2) is 0 Å². The van der Waals surface area contributed by atoms with Gasteiger partial charge in [-0.1, -0.05) is 48.0 Å². The SMILES string of the molecule is CCN(C(=O)C1=NN(Cc2ccccc2)C(=O)CC1)c1ccc(C)cc1C. The highest BCUT2D eigenvalue weighted by Gasteiger charge is 2.28. The van der Waals surface area contributed by atoms with Gasteiger partial charge in [-0.2, -0.15) is 5.10 Å². The number of benzene rings is 2. The van der Waals surface area contributed by atoms with E-state index < -0.39 is 0 Å². The molecule has 0 saturated heterocycles. The molecular formula is C22H25N3O2. The molecule has 140 valence electrons. The van der Waals surface area contributed by atoms with Crippen molar-refractivity contribution in [3.05, 3.63) is 65.2 Å². The zero-order valence-corrected chi connectivity index (χ0v) is 16.1. The molecule has 1 heterocycles. The van der Waals surface area contributed by atoms with Crippen molar-refractivity contribution >= 4 is 23.2 Å². The van der Waals surface area contributed by atoms with Crippen molar-refractivity contribution in [1.29, 1.82) is 0 Å². The van der Waals surface area contributed by atoms with Crippen LogP contribution in [0, 0.1) is 13.8 Å². The number of carbonyl (C=O) groups excluding carboxylic acids is 2. The maximum Gasteiger partial charge on any atom is 0.274 e. The minimum atomic E-state index is -0.130. The van der Waals surface area contributed by atoms with Crippen LogP contribution < -0.4 is 4.90 Å². The van der Waals surface area contributed by atoms with Crippen LogP contribution >= 0.6 is 0 Å². The molecule has 0 aliphatic carbocycles. The van der Waals surface area contributed by atoms with Crippen molar-refractivity contribution in [2.24, 2.45) is 5.10 Å². The second-order valence-electron chi connectivity index (χ2n) is 6.82. The third-order valence-corrected chi connectivity index (χ3v) is 4.73. The highest BCUT2D eigenvalue weighted by Crippen LogP contribution is 2.23. The smallest absolute Gasteiger partial charge is 0.274 e. The number of hydrazone groups is 1. The maximum atomic E-state index is 13.1. The first-order valence-electron chi connectivity index (χ1n) is 9.30. The van der Waals surface area contributed by atoms with Gasteiger partial charge in [0.2, 0.25) is 5.91 Å². The molecule has 0 spiro atoms. The zero-order valence-electron chi connectivity index (χ0n) is 16.1. The Morgan fingerprint density at radius 1 is 1.11 bits per heavy atom. The van der Waals surface area contributed by atoms with Crippen LogP contribution in [0.25, 0.3) is 0 Å². The Bertz CT molecular complexity index is 874. The molecule has 0 bridgehead atoms. The minimum Gasteiger partial charge on any atom is -0.307 e. The van der Waals surface area contributed by atoms with Crippen molar-refractivity contribution in [3.8, 4) is 0 Å². The van der Waals surface area contributed by atoms with E-state index in [0.717, 1.165) is 22.4 Å². The highest BCUT2D eigenvalue weighted by atomic mass is 16.2. The summed E-state index contributed by atoms with van der Waals surface area (Å²) in [5, 5.41) is 5.83. The van der Waals surface area contributed by atoms with Crippen molar-refractivity contribution in [1.82, 2.24) is 5.01 Å². The van der Waals surface area contributed by atoms with Crippen LogP contribution in [0.4, 0.5) is 5.69 Å². The van der Waals surface area contributed by atoms with Crippen LogP contribution in [-0.2, 0) is 16.1 Å². The third-order valence-electron chi connectivity index (χ3n) is 4.73. The molecule has 0 fully saturated rings. The summed E-state index contributed by atoms with van der Waals surface area (Å²) in [5.74, 6) is -0.181. The van der Waals surface area contributed by atoms with Crippen LogP contribution in [0.2, 0.25) is 0 Å². The molecule has 2 aromatic carbocycles. The van der Waals surface area contributed by atoms with Crippen LogP contribution in [0.15, 0.2) is 53.6 Å². The summed E-state index contributed by atoms with van der Waals surface area (Å²) in [4.78, 5) is 27.1. The lowest BCUT2D eigenvalue weighted by Crippen LogP contribution is -2.41. The van der Waals surface area contributed by atoms with Gasteiger partial charge < -0.3 is 4.90 Å². The van der Waals surface area contributed by atoms with Crippen LogP contribution in [0.5, 0.6) is 0 Å². The molecule has 5 nitrogen and oxygen atoms in total. The van der Waals surface area contributed by atoms with Crippen molar-refractivity contribution in [2.75, 3.05) is 11.4 Å². The molecular weight excluding hydrogens is 338 g/mol. The average molecular weight is 363 g/mol. The predicted molar refractivity (Wildman–Crippen MR) is 108 cm³/mol. The Morgan fingerprint density at radius 3 is 2.52 bits per heavy atom. The van der Waals surface area contributed by atoms with E-state index in [2.05, 4.69) is 11.2 Å². The van der Waals surface area contributed by atoms with Crippen molar-refractivity contribution in [3.63, 3.8) is 0 Å². The number of anilines is 1. The zero-order chi connectivity index (χ0) is 19.4. The molecule has 0 radical (unpaired) electrons. The topological polar surface area (TPSA) is 53.0 Å². The van der Waals surface area contributed by atoms with Crippen LogP contribution in [0.1, 0.15) is 36.5 Å². The molecule has 3 rings (SSSR count).